The van der Waals surface area contributed by atoms with Crippen LogP contribution < -0.4 is 10.5 Å². The maximum absolute atomic E-state index is 10.1. The van der Waals surface area contributed by atoms with Crippen molar-refractivity contribution in [2.75, 3.05) is 6.61 Å². The standard InChI is InChI=1S/C17H19NO2/c18-16-9-6-13-10-14(7-8-15(13)16)20-11-17(19)12-4-2-1-3-5-12/h1-5,7-8,10,16-17,19H,6,9,11,18H2/t16-,17?/m1/s1. The Kier molecular flexibility index (Phi) is 3.72. The van der Waals surface area contributed by atoms with Gasteiger partial charge in [-0.05, 0) is 41.7 Å². The molecule has 0 saturated heterocycles. The molecule has 0 fully saturated rings. The zero-order valence-corrected chi connectivity index (χ0v) is 11.3. The van der Waals surface area contributed by atoms with Gasteiger partial charge in [0, 0.05) is 6.04 Å². The van der Waals surface area contributed by atoms with Gasteiger partial charge in [-0.25, -0.2) is 0 Å². The average molecular weight is 269 g/mol. The van der Waals surface area contributed by atoms with E-state index in [9.17, 15) is 5.11 Å². The summed E-state index contributed by atoms with van der Waals surface area (Å²) in [6.07, 6.45) is 1.41. The molecule has 3 heteroatoms. The van der Waals surface area contributed by atoms with E-state index < -0.39 is 6.10 Å². The third-order valence-electron chi connectivity index (χ3n) is 3.83. The van der Waals surface area contributed by atoms with Gasteiger partial charge in [-0.15, -0.1) is 0 Å². The number of ether oxygens (including phenoxy) is 1. The molecule has 0 radical (unpaired) electrons. The third-order valence-corrected chi connectivity index (χ3v) is 3.83. The third kappa shape index (κ3) is 2.69. The van der Waals surface area contributed by atoms with Crippen LogP contribution in [0.1, 0.15) is 35.3 Å². The minimum atomic E-state index is -0.605. The van der Waals surface area contributed by atoms with Crippen molar-refractivity contribution in [3.8, 4) is 5.75 Å². The maximum Gasteiger partial charge on any atom is 0.119 e. The van der Waals surface area contributed by atoms with Gasteiger partial charge in [0.2, 0.25) is 0 Å². The quantitative estimate of drug-likeness (QED) is 0.897. The van der Waals surface area contributed by atoms with E-state index in [1.165, 1.54) is 11.1 Å². The zero-order chi connectivity index (χ0) is 13.9. The summed E-state index contributed by atoms with van der Waals surface area (Å²) in [5.74, 6) is 0.799. The fourth-order valence-electron chi connectivity index (χ4n) is 2.66. The highest BCUT2D eigenvalue weighted by atomic mass is 16.5. The van der Waals surface area contributed by atoms with Crippen molar-refractivity contribution < 1.29 is 9.84 Å². The van der Waals surface area contributed by atoms with Crippen LogP contribution in [0, 0.1) is 0 Å². The molecule has 3 rings (SSSR count). The summed E-state index contributed by atoms with van der Waals surface area (Å²) in [6.45, 7) is 0.259. The van der Waals surface area contributed by atoms with Crippen molar-refractivity contribution in [1.82, 2.24) is 0 Å². The van der Waals surface area contributed by atoms with Gasteiger partial charge in [-0.1, -0.05) is 36.4 Å². The number of aryl methyl sites for hydroxylation is 1. The summed E-state index contributed by atoms with van der Waals surface area (Å²) in [6, 6.07) is 15.7. The number of aliphatic hydroxyl groups excluding tert-OH is 1. The van der Waals surface area contributed by atoms with Crippen LogP contribution in [0.4, 0.5) is 0 Å². The molecule has 0 amide bonds. The predicted octanol–water partition coefficient (Wildman–Crippen LogP) is 2.75. The molecule has 0 saturated carbocycles. The lowest BCUT2D eigenvalue weighted by molar-refractivity contribution is 0.108. The molecule has 104 valence electrons. The molecular weight excluding hydrogens is 250 g/mol. The average Bonchev–Trinajstić information content (AvgIpc) is 2.87. The first-order valence-electron chi connectivity index (χ1n) is 6.98. The second-order valence-corrected chi connectivity index (χ2v) is 5.24. The van der Waals surface area contributed by atoms with Crippen molar-refractivity contribution in [3.63, 3.8) is 0 Å². The number of fused-ring (bicyclic) bond motifs is 1. The lowest BCUT2D eigenvalue weighted by atomic mass is 10.1. The molecule has 1 aliphatic rings. The van der Waals surface area contributed by atoms with Crippen LogP contribution >= 0.6 is 0 Å². The van der Waals surface area contributed by atoms with E-state index in [1.807, 2.05) is 48.5 Å². The number of benzene rings is 2. The molecule has 1 unspecified atom stereocenters. The Morgan fingerprint density at radius 2 is 2.00 bits per heavy atom. The summed E-state index contributed by atoms with van der Waals surface area (Å²) in [4.78, 5) is 0. The normalized spacial score (nSPS) is 18.6. The Morgan fingerprint density at radius 3 is 2.80 bits per heavy atom. The van der Waals surface area contributed by atoms with Crippen LogP contribution in [0.25, 0.3) is 0 Å². The second-order valence-electron chi connectivity index (χ2n) is 5.24. The molecular formula is C17H19NO2. The first-order valence-corrected chi connectivity index (χ1v) is 6.98. The van der Waals surface area contributed by atoms with E-state index in [1.54, 1.807) is 0 Å². The lowest BCUT2D eigenvalue weighted by Crippen LogP contribution is -2.10. The first kappa shape index (κ1) is 13.2. The fourth-order valence-corrected chi connectivity index (χ4v) is 2.66. The zero-order valence-electron chi connectivity index (χ0n) is 11.3. The predicted molar refractivity (Wildman–Crippen MR) is 78.6 cm³/mol. The Balaban J connectivity index is 1.64. The van der Waals surface area contributed by atoms with E-state index >= 15 is 0 Å². The molecule has 0 aromatic heterocycles. The van der Waals surface area contributed by atoms with E-state index in [4.69, 9.17) is 10.5 Å². The maximum atomic E-state index is 10.1. The van der Waals surface area contributed by atoms with Gasteiger partial charge in [0.1, 0.15) is 18.5 Å². The highest BCUT2D eigenvalue weighted by Gasteiger charge is 2.19. The summed E-state index contributed by atoms with van der Waals surface area (Å²) in [5.41, 5.74) is 9.38. The molecule has 0 bridgehead atoms. The van der Waals surface area contributed by atoms with Crippen molar-refractivity contribution in [3.05, 3.63) is 65.2 Å². The Bertz CT molecular complexity index is 583. The van der Waals surface area contributed by atoms with Crippen LogP contribution in [0.2, 0.25) is 0 Å². The van der Waals surface area contributed by atoms with E-state index in [0.29, 0.717) is 0 Å². The number of nitrogens with two attached hydrogens (primary N) is 1. The van der Waals surface area contributed by atoms with Crippen molar-refractivity contribution in [2.45, 2.75) is 25.0 Å². The van der Waals surface area contributed by atoms with Crippen LogP contribution in [0.15, 0.2) is 48.5 Å². The topological polar surface area (TPSA) is 55.5 Å². The molecule has 0 aliphatic heterocycles. The SMILES string of the molecule is N[C@@H]1CCc2cc(OCC(O)c3ccccc3)ccc21. The molecule has 20 heavy (non-hydrogen) atoms. The van der Waals surface area contributed by atoms with Gasteiger partial charge < -0.3 is 15.6 Å². The van der Waals surface area contributed by atoms with Gasteiger partial charge in [0.15, 0.2) is 0 Å². The van der Waals surface area contributed by atoms with Gasteiger partial charge in [-0.2, -0.15) is 0 Å². The molecule has 3 nitrogen and oxygen atoms in total. The number of hydrogen-bond acceptors (Lipinski definition) is 3. The smallest absolute Gasteiger partial charge is 0.119 e. The highest BCUT2D eigenvalue weighted by molar-refractivity contribution is 5.40. The van der Waals surface area contributed by atoms with Crippen molar-refractivity contribution >= 4 is 0 Å². The van der Waals surface area contributed by atoms with Crippen LogP contribution in [0.5, 0.6) is 5.75 Å². The van der Waals surface area contributed by atoms with Crippen molar-refractivity contribution in [1.29, 1.82) is 0 Å². The summed E-state index contributed by atoms with van der Waals surface area (Å²) in [7, 11) is 0. The molecule has 2 atom stereocenters. The summed E-state index contributed by atoms with van der Waals surface area (Å²) >= 11 is 0. The lowest BCUT2D eigenvalue weighted by Gasteiger charge is -2.13. The minimum Gasteiger partial charge on any atom is -0.491 e. The van der Waals surface area contributed by atoms with E-state index in [-0.39, 0.29) is 12.6 Å². The van der Waals surface area contributed by atoms with Crippen LogP contribution in [-0.4, -0.2) is 11.7 Å². The molecule has 1 aliphatic carbocycles. The monoisotopic (exact) mass is 269 g/mol. The van der Waals surface area contributed by atoms with Gasteiger partial charge in [0.05, 0.1) is 0 Å². The Morgan fingerprint density at radius 1 is 1.20 bits per heavy atom. The molecule has 2 aromatic carbocycles. The Hall–Kier alpha value is -1.84. The summed E-state index contributed by atoms with van der Waals surface area (Å²) < 4.78 is 5.69. The van der Waals surface area contributed by atoms with Gasteiger partial charge >= 0.3 is 0 Å². The summed E-state index contributed by atoms with van der Waals surface area (Å²) in [5, 5.41) is 10.1. The van der Waals surface area contributed by atoms with E-state index in [0.717, 1.165) is 24.2 Å². The molecule has 0 spiro atoms. The molecule has 0 heterocycles. The number of aliphatic hydroxyl groups is 1. The highest BCUT2D eigenvalue weighted by Crippen LogP contribution is 2.32. The number of rotatable bonds is 4. The van der Waals surface area contributed by atoms with Gasteiger partial charge in [0.25, 0.3) is 0 Å². The van der Waals surface area contributed by atoms with Crippen molar-refractivity contribution in [2.24, 2.45) is 5.73 Å². The molecule has 2 aromatic rings. The Labute approximate surface area is 119 Å². The van der Waals surface area contributed by atoms with Crippen LogP contribution in [0.3, 0.4) is 0 Å². The first-order chi connectivity index (χ1) is 9.74. The number of hydrogen-bond donors (Lipinski definition) is 2. The minimum absolute atomic E-state index is 0.161. The van der Waals surface area contributed by atoms with Crippen LogP contribution in [-0.2, 0) is 6.42 Å². The van der Waals surface area contributed by atoms with E-state index in [2.05, 4.69) is 0 Å². The largest absolute Gasteiger partial charge is 0.491 e. The second kappa shape index (κ2) is 5.65. The van der Waals surface area contributed by atoms with Gasteiger partial charge in [-0.3, -0.25) is 0 Å². The fraction of sp³-hybridized carbons (Fsp3) is 0.294. The molecule has 3 N–H and O–H groups in total.